The summed E-state index contributed by atoms with van der Waals surface area (Å²) >= 11 is 13.5. The zero-order chi connectivity index (χ0) is 15.2. The normalized spacial score (nSPS) is 9.90. The van der Waals surface area contributed by atoms with Gasteiger partial charge in [0.2, 0.25) is 0 Å². The Kier molecular flexibility index (Phi) is 6.74. The Bertz CT molecular complexity index is 625. The Balaban J connectivity index is 2.40. The van der Waals surface area contributed by atoms with Gasteiger partial charge in [0.15, 0.2) is 0 Å². The van der Waals surface area contributed by atoms with E-state index in [1.54, 1.807) is 0 Å². The van der Waals surface area contributed by atoms with E-state index in [-0.39, 0.29) is 0 Å². The second-order valence-electron chi connectivity index (χ2n) is 4.05. The number of hydrogen-bond donors (Lipinski definition) is 0. The fraction of sp³-hybridized carbons (Fsp3) is 0. The Labute approximate surface area is 157 Å². The second kappa shape index (κ2) is 8.32. The molecular weight excluding hydrogens is 528 g/mol. The minimum atomic E-state index is 0.792. The molecule has 0 saturated heterocycles. The van der Waals surface area contributed by atoms with Gasteiger partial charge in [-0.15, -0.1) is 0 Å². The van der Waals surface area contributed by atoms with Gasteiger partial charge in [0.1, 0.15) is 11.5 Å². The average molecular weight is 538 g/mol. The molecule has 2 rings (SSSR count). The molecule has 5 heteroatoms. The molecule has 0 bridgehead atoms. The van der Waals surface area contributed by atoms with Gasteiger partial charge in [-0.2, -0.15) is 0 Å². The summed E-state index contributed by atoms with van der Waals surface area (Å²) in [6, 6.07) is 15.7. The maximum absolute atomic E-state index is 6.07. The zero-order valence-electron chi connectivity index (χ0n) is 10.7. The van der Waals surface area contributed by atoms with E-state index in [1.165, 1.54) is 0 Å². The molecule has 2 aromatic rings. The van der Waals surface area contributed by atoms with Crippen LogP contribution in [0, 0.1) is 0 Å². The van der Waals surface area contributed by atoms with Crippen LogP contribution in [0.4, 0.5) is 0 Å². The standard InChI is InChI=1S/C16H10Br4O/c17-15(18)9-11-5-1-3-7-13(11)21-14-8-4-2-6-12(14)10-16(19)20/h1-10H. The lowest BCUT2D eigenvalue weighted by atomic mass is 10.2. The summed E-state index contributed by atoms with van der Waals surface area (Å²) in [5, 5.41) is 0. The fourth-order valence-electron chi connectivity index (χ4n) is 1.74. The third-order valence-corrected chi connectivity index (χ3v) is 3.50. The predicted molar refractivity (Wildman–Crippen MR) is 105 cm³/mol. The Hall–Kier alpha value is -0.360. The van der Waals surface area contributed by atoms with Gasteiger partial charge in [0.25, 0.3) is 0 Å². The highest BCUT2D eigenvalue weighted by atomic mass is 79.9. The number of benzene rings is 2. The molecule has 0 aliphatic rings. The van der Waals surface area contributed by atoms with Crippen molar-refractivity contribution in [2.45, 2.75) is 0 Å². The van der Waals surface area contributed by atoms with E-state index in [1.807, 2.05) is 60.7 Å². The van der Waals surface area contributed by atoms with Crippen LogP contribution in [-0.2, 0) is 0 Å². The van der Waals surface area contributed by atoms with Crippen molar-refractivity contribution >= 4 is 75.9 Å². The summed E-state index contributed by atoms with van der Waals surface area (Å²) in [6.45, 7) is 0. The van der Waals surface area contributed by atoms with Gasteiger partial charge in [-0.25, -0.2) is 0 Å². The fourth-order valence-corrected chi connectivity index (χ4v) is 2.73. The van der Waals surface area contributed by atoms with E-state index in [0.717, 1.165) is 29.4 Å². The largest absolute Gasteiger partial charge is 0.456 e. The van der Waals surface area contributed by atoms with Gasteiger partial charge in [-0.1, -0.05) is 36.4 Å². The summed E-state index contributed by atoms with van der Waals surface area (Å²) in [4.78, 5) is 0. The zero-order valence-corrected chi connectivity index (χ0v) is 17.0. The van der Waals surface area contributed by atoms with Crippen molar-refractivity contribution in [2.24, 2.45) is 0 Å². The van der Waals surface area contributed by atoms with Crippen molar-refractivity contribution in [3.63, 3.8) is 0 Å². The van der Waals surface area contributed by atoms with Crippen molar-refractivity contribution in [3.05, 3.63) is 66.4 Å². The molecule has 0 radical (unpaired) electrons. The number of para-hydroxylation sites is 2. The van der Waals surface area contributed by atoms with Gasteiger partial charge in [-0.3, -0.25) is 0 Å². The molecular formula is C16H10Br4O. The van der Waals surface area contributed by atoms with Crippen LogP contribution in [0.3, 0.4) is 0 Å². The molecule has 0 heterocycles. The SMILES string of the molecule is BrC(Br)=Cc1ccccc1Oc1ccccc1C=C(Br)Br. The average Bonchev–Trinajstić information content (AvgIpc) is 2.42. The quantitative estimate of drug-likeness (QED) is 0.389. The van der Waals surface area contributed by atoms with Crippen LogP contribution in [0.1, 0.15) is 11.1 Å². The first-order valence-electron chi connectivity index (χ1n) is 5.97. The number of halogens is 4. The van der Waals surface area contributed by atoms with E-state index in [9.17, 15) is 0 Å². The van der Waals surface area contributed by atoms with Gasteiger partial charge >= 0.3 is 0 Å². The first-order valence-corrected chi connectivity index (χ1v) is 9.15. The van der Waals surface area contributed by atoms with E-state index in [4.69, 9.17) is 4.74 Å². The number of hydrogen-bond acceptors (Lipinski definition) is 1. The Morgan fingerprint density at radius 3 is 1.43 bits per heavy atom. The molecule has 21 heavy (non-hydrogen) atoms. The molecule has 0 atom stereocenters. The van der Waals surface area contributed by atoms with Gasteiger partial charge in [0.05, 0.1) is 6.78 Å². The summed E-state index contributed by atoms with van der Waals surface area (Å²) in [5.41, 5.74) is 1.97. The third kappa shape index (κ3) is 5.40. The van der Waals surface area contributed by atoms with Gasteiger partial charge in [-0.05, 0) is 88.0 Å². The van der Waals surface area contributed by atoms with Crippen LogP contribution < -0.4 is 4.74 Å². The highest BCUT2D eigenvalue weighted by Crippen LogP contribution is 2.32. The van der Waals surface area contributed by atoms with Crippen molar-refractivity contribution in [1.82, 2.24) is 0 Å². The summed E-state index contributed by atoms with van der Waals surface area (Å²) in [6.07, 6.45) is 3.91. The molecule has 0 aliphatic heterocycles. The van der Waals surface area contributed by atoms with Crippen LogP contribution in [0.25, 0.3) is 12.2 Å². The molecule has 0 unspecified atom stereocenters. The molecule has 0 spiro atoms. The number of ether oxygens (including phenoxy) is 1. The monoisotopic (exact) mass is 534 g/mol. The molecule has 1 nitrogen and oxygen atoms in total. The molecule has 0 saturated carbocycles. The first kappa shape index (κ1) is 17.0. The maximum atomic E-state index is 6.07. The van der Waals surface area contributed by atoms with Crippen LogP contribution in [0.5, 0.6) is 11.5 Å². The third-order valence-electron chi connectivity index (χ3n) is 2.59. The van der Waals surface area contributed by atoms with E-state index in [0.29, 0.717) is 0 Å². The van der Waals surface area contributed by atoms with Crippen molar-refractivity contribution in [1.29, 1.82) is 0 Å². The smallest absolute Gasteiger partial charge is 0.134 e. The van der Waals surface area contributed by atoms with Gasteiger partial charge in [0, 0.05) is 11.1 Å². The lowest BCUT2D eigenvalue weighted by Gasteiger charge is -2.11. The van der Waals surface area contributed by atoms with E-state index < -0.39 is 0 Å². The first-order chi connectivity index (χ1) is 10.1. The Morgan fingerprint density at radius 2 is 1.05 bits per heavy atom. The van der Waals surface area contributed by atoms with Crippen LogP contribution in [0.2, 0.25) is 0 Å². The maximum Gasteiger partial charge on any atom is 0.134 e. The van der Waals surface area contributed by atoms with Gasteiger partial charge < -0.3 is 4.74 Å². The van der Waals surface area contributed by atoms with Crippen molar-refractivity contribution in [2.75, 3.05) is 0 Å². The topological polar surface area (TPSA) is 9.23 Å². The number of rotatable bonds is 4. The van der Waals surface area contributed by atoms with Crippen LogP contribution >= 0.6 is 63.7 Å². The minimum Gasteiger partial charge on any atom is -0.456 e. The van der Waals surface area contributed by atoms with Crippen LogP contribution in [-0.4, -0.2) is 0 Å². The Morgan fingerprint density at radius 1 is 0.667 bits per heavy atom. The van der Waals surface area contributed by atoms with Crippen molar-refractivity contribution < 1.29 is 4.74 Å². The van der Waals surface area contributed by atoms with E-state index >= 15 is 0 Å². The van der Waals surface area contributed by atoms with E-state index in [2.05, 4.69) is 63.7 Å². The summed E-state index contributed by atoms with van der Waals surface area (Å²) < 4.78 is 7.80. The second-order valence-corrected chi connectivity index (χ2v) is 9.59. The minimum absolute atomic E-state index is 0.792. The highest BCUT2D eigenvalue weighted by molar-refractivity contribution is 9.28. The highest BCUT2D eigenvalue weighted by Gasteiger charge is 2.06. The van der Waals surface area contributed by atoms with Crippen LogP contribution in [0.15, 0.2) is 55.3 Å². The molecule has 2 aromatic carbocycles. The molecule has 0 aliphatic carbocycles. The molecule has 0 fully saturated rings. The molecule has 0 amide bonds. The molecule has 0 N–H and O–H groups in total. The molecule has 108 valence electrons. The molecule has 0 aromatic heterocycles. The van der Waals surface area contributed by atoms with Crippen molar-refractivity contribution in [3.8, 4) is 11.5 Å². The lowest BCUT2D eigenvalue weighted by molar-refractivity contribution is 0.480. The lowest BCUT2D eigenvalue weighted by Crippen LogP contribution is -1.89. The summed E-state index contributed by atoms with van der Waals surface area (Å²) in [5.74, 6) is 1.58. The predicted octanol–water partition coefficient (Wildman–Crippen LogP) is 7.66. The summed E-state index contributed by atoms with van der Waals surface area (Å²) in [7, 11) is 0.